The molecule has 1 unspecified atom stereocenters. The van der Waals surface area contributed by atoms with Crippen LogP contribution in [0.4, 0.5) is 14.6 Å². The minimum atomic E-state index is -1.19. The van der Waals surface area contributed by atoms with Crippen LogP contribution in [0.25, 0.3) is 0 Å². The SMILES string of the molecule is COC(CF)CN(CCCCc1ccc2c(n1)NCCC2)CC[C@H](NC(=O)Cc1ncccc1F)C(=O)O. The summed E-state index contributed by atoms with van der Waals surface area (Å²) >= 11 is 0. The number of carbonyl (C=O) groups is 2. The summed E-state index contributed by atoms with van der Waals surface area (Å²) in [5.74, 6) is -1.49. The van der Waals surface area contributed by atoms with Gasteiger partial charge in [-0.05, 0) is 68.8 Å². The number of nitrogens with one attached hydrogen (secondary N) is 2. The van der Waals surface area contributed by atoms with E-state index in [1.54, 1.807) is 0 Å². The average molecular weight is 534 g/mol. The number of aromatic nitrogens is 2. The molecule has 0 spiro atoms. The molecule has 0 saturated carbocycles. The quantitative estimate of drug-likeness (QED) is 0.282. The van der Waals surface area contributed by atoms with Crippen molar-refractivity contribution in [1.29, 1.82) is 0 Å². The van der Waals surface area contributed by atoms with Crippen LogP contribution >= 0.6 is 0 Å². The van der Waals surface area contributed by atoms with E-state index in [0.29, 0.717) is 19.6 Å². The number of methoxy groups -OCH3 is 1. The minimum Gasteiger partial charge on any atom is -0.480 e. The number of aryl methyl sites for hydroxylation is 2. The highest BCUT2D eigenvalue weighted by Gasteiger charge is 2.23. The number of nitrogens with zero attached hydrogens (tertiary/aromatic N) is 3. The number of fused-ring (bicyclic) bond motifs is 1. The van der Waals surface area contributed by atoms with Crippen LogP contribution in [0.15, 0.2) is 30.5 Å². The molecule has 0 fully saturated rings. The van der Waals surface area contributed by atoms with Gasteiger partial charge in [-0.2, -0.15) is 0 Å². The van der Waals surface area contributed by atoms with E-state index in [-0.39, 0.29) is 18.5 Å². The van der Waals surface area contributed by atoms with Gasteiger partial charge in [0.25, 0.3) is 0 Å². The van der Waals surface area contributed by atoms with Gasteiger partial charge in [0.15, 0.2) is 0 Å². The Morgan fingerprint density at radius 3 is 2.84 bits per heavy atom. The first-order valence-corrected chi connectivity index (χ1v) is 13.0. The van der Waals surface area contributed by atoms with E-state index < -0.39 is 36.5 Å². The Balaban J connectivity index is 1.51. The first-order chi connectivity index (χ1) is 18.4. The fourth-order valence-electron chi connectivity index (χ4n) is 4.43. The summed E-state index contributed by atoms with van der Waals surface area (Å²) in [5, 5.41) is 15.4. The van der Waals surface area contributed by atoms with Gasteiger partial charge in [0.2, 0.25) is 5.91 Å². The zero-order valence-corrected chi connectivity index (χ0v) is 21.8. The number of hydrogen-bond donors (Lipinski definition) is 3. The highest BCUT2D eigenvalue weighted by molar-refractivity contribution is 5.84. The molecule has 1 amide bonds. The van der Waals surface area contributed by atoms with Crippen molar-refractivity contribution in [2.24, 2.45) is 0 Å². The first-order valence-electron chi connectivity index (χ1n) is 13.0. The molecule has 3 rings (SSSR count). The predicted molar refractivity (Wildman–Crippen MR) is 139 cm³/mol. The molecular weight excluding hydrogens is 496 g/mol. The van der Waals surface area contributed by atoms with Gasteiger partial charge in [-0.1, -0.05) is 6.07 Å². The summed E-state index contributed by atoms with van der Waals surface area (Å²) in [6, 6.07) is 5.62. The van der Waals surface area contributed by atoms with Gasteiger partial charge in [-0.25, -0.2) is 18.6 Å². The monoisotopic (exact) mass is 533 g/mol. The van der Waals surface area contributed by atoms with Gasteiger partial charge in [0, 0.05) is 38.6 Å². The lowest BCUT2D eigenvalue weighted by Gasteiger charge is -2.27. The summed E-state index contributed by atoms with van der Waals surface area (Å²) in [5.41, 5.74) is 2.21. The molecule has 3 N–H and O–H groups in total. The molecule has 2 aromatic rings. The molecule has 38 heavy (non-hydrogen) atoms. The second-order valence-corrected chi connectivity index (χ2v) is 9.47. The Labute approximate surface area is 222 Å². The van der Waals surface area contributed by atoms with Crippen LogP contribution in [-0.4, -0.2) is 84.0 Å². The summed E-state index contributed by atoms with van der Waals surface area (Å²) < 4.78 is 32.3. The number of rotatable bonds is 16. The molecule has 208 valence electrons. The number of carbonyl (C=O) groups excluding carboxylic acids is 1. The van der Waals surface area contributed by atoms with Crippen LogP contribution in [-0.2, 0) is 33.6 Å². The predicted octanol–water partition coefficient (Wildman–Crippen LogP) is 2.79. The lowest BCUT2D eigenvalue weighted by atomic mass is 10.1. The van der Waals surface area contributed by atoms with Gasteiger partial charge in [0.1, 0.15) is 24.4 Å². The van der Waals surface area contributed by atoms with Crippen molar-refractivity contribution in [3.63, 3.8) is 0 Å². The van der Waals surface area contributed by atoms with Gasteiger partial charge >= 0.3 is 5.97 Å². The molecule has 2 atom stereocenters. The van der Waals surface area contributed by atoms with E-state index >= 15 is 0 Å². The largest absolute Gasteiger partial charge is 0.480 e. The maximum absolute atomic E-state index is 13.8. The van der Waals surface area contributed by atoms with Gasteiger partial charge in [-0.15, -0.1) is 0 Å². The lowest BCUT2D eigenvalue weighted by molar-refractivity contribution is -0.142. The van der Waals surface area contributed by atoms with Gasteiger partial charge < -0.3 is 25.4 Å². The van der Waals surface area contributed by atoms with Crippen molar-refractivity contribution < 1.29 is 28.2 Å². The average Bonchev–Trinajstić information content (AvgIpc) is 2.92. The van der Waals surface area contributed by atoms with E-state index in [1.165, 1.54) is 31.0 Å². The second kappa shape index (κ2) is 15.3. The number of pyridine rings is 2. The number of halogens is 2. The first kappa shape index (κ1) is 29.4. The molecule has 1 aliphatic rings. The van der Waals surface area contributed by atoms with Crippen molar-refractivity contribution >= 4 is 17.7 Å². The van der Waals surface area contributed by atoms with Crippen LogP contribution < -0.4 is 10.6 Å². The Morgan fingerprint density at radius 1 is 1.26 bits per heavy atom. The fourth-order valence-corrected chi connectivity index (χ4v) is 4.43. The second-order valence-electron chi connectivity index (χ2n) is 9.47. The lowest BCUT2D eigenvalue weighted by Crippen LogP contribution is -2.45. The fraction of sp³-hybridized carbons (Fsp3) is 0.556. The minimum absolute atomic E-state index is 0.0501. The zero-order valence-electron chi connectivity index (χ0n) is 21.8. The van der Waals surface area contributed by atoms with E-state index in [2.05, 4.69) is 27.8 Å². The number of anilines is 1. The molecular formula is C27H37F2N5O4. The van der Waals surface area contributed by atoms with Crippen LogP contribution in [0.5, 0.6) is 0 Å². The zero-order chi connectivity index (χ0) is 27.3. The number of hydrogen-bond acceptors (Lipinski definition) is 7. The molecule has 11 heteroatoms. The van der Waals surface area contributed by atoms with Gasteiger partial charge in [-0.3, -0.25) is 9.78 Å². The van der Waals surface area contributed by atoms with Crippen LogP contribution in [0.3, 0.4) is 0 Å². The molecule has 9 nitrogen and oxygen atoms in total. The van der Waals surface area contributed by atoms with Crippen LogP contribution in [0.2, 0.25) is 0 Å². The number of ether oxygens (including phenoxy) is 1. The smallest absolute Gasteiger partial charge is 0.326 e. The summed E-state index contributed by atoms with van der Waals surface area (Å²) in [6.07, 6.45) is 5.10. The Bertz CT molecular complexity index is 1050. The molecule has 1 aliphatic heterocycles. The van der Waals surface area contributed by atoms with E-state index in [0.717, 1.165) is 50.2 Å². The van der Waals surface area contributed by atoms with Crippen molar-refractivity contribution in [3.05, 3.63) is 53.2 Å². The third kappa shape index (κ3) is 9.29. The topological polar surface area (TPSA) is 117 Å². The molecule has 0 saturated heterocycles. The van der Waals surface area contributed by atoms with Crippen LogP contribution in [0, 0.1) is 5.82 Å². The summed E-state index contributed by atoms with van der Waals surface area (Å²) in [4.78, 5) is 34.7. The Morgan fingerprint density at radius 2 is 2.11 bits per heavy atom. The highest BCUT2D eigenvalue weighted by atomic mass is 19.1. The normalized spacial score (nSPS) is 14.4. The van der Waals surface area contributed by atoms with Crippen molar-refractivity contribution in [2.45, 2.75) is 57.1 Å². The standard InChI is InChI=1S/C27H37F2N5O4/c1-38-21(17-28)18-34(14-3-2-7-20-10-9-19-6-4-13-31-26(19)32-20)15-11-23(27(36)37)33-25(35)16-24-22(29)8-5-12-30-24/h5,8-10,12,21,23H,2-4,6-7,11,13-18H2,1H3,(H,31,32)(H,33,35)(H,36,37)/t21?,23-/m0/s1. The number of amides is 1. The maximum atomic E-state index is 13.8. The van der Waals surface area contributed by atoms with Crippen molar-refractivity contribution in [1.82, 2.24) is 20.2 Å². The van der Waals surface area contributed by atoms with Crippen molar-refractivity contribution in [2.75, 3.05) is 45.3 Å². The number of aliphatic carboxylic acids is 1. The summed E-state index contributed by atoms with van der Waals surface area (Å²) in [6.45, 7) is 1.51. The van der Waals surface area contributed by atoms with Crippen molar-refractivity contribution in [3.8, 4) is 0 Å². The molecule has 0 bridgehead atoms. The number of carboxylic acid groups (broad SMARTS) is 1. The van der Waals surface area contributed by atoms with E-state index in [1.807, 2.05) is 4.90 Å². The molecule has 2 aromatic heterocycles. The van der Waals surface area contributed by atoms with Gasteiger partial charge in [0.05, 0.1) is 18.2 Å². The third-order valence-corrected chi connectivity index (χ3v) is 6.61. The highest BCUT2D eigenvalue weighted by Crippen LogP contribution is 2.20. The maximum Gasteiger partial charge on any atom is 0.326 e. The molecule has 0 radical (unpaired) electrons. The van der Waals surface area contributed by atoms with E-state index in [4.69, 9.17) is 9.72 Å². The number of alkyl halides is 1. The number of unbranched alkanes of at least 4 members (excludes halogenated alkanes) is 1. The summed E-state index contributed by atoms with van der Waals surface area (Å²) in [7, 11) is 1.44. The Hall–Kier alpha value is -3.18. The molecule has 0 aliphatic carbocycles. The molecule has 0 aromatic carbocycles. The Kier molecular flexibility index (Phi) is 11.8. The van der Waals surface area contributed by atoms with Crippen LogP contribution in [0.1, 0.15) is 42.6 Å². The molecule has 3 heterocycles. The third-order valence-electron chi connectivity index (χ3n) is 6.61. The van der Waals surface area contributed by atoms with E-state index in [9.17, 15) is 23.5 Å². The number of carboxylic acids is 1.